The summed E-state index contributed by atoms with van der Waals surface area (Å²) >= 11 is 0. The summed E-state index contributed by atoms with van der Waals surface area (Å²) in [6, 6.07) is 7.78. The van der Waals surface area contributed by atoms with Crippen molar-refractivity contribution in [1.82, 2.24) is 14.7 Å². The predicted octanol–water partition coefficient (Wildman–Crippen LogP) is 3.01. The number of hydrogen-bond acceptors (Lipinski definition) is 3. The lowest BCUT2D eigenvalue weighted by molar-refractivity contribution is -0.117. The SMILES string of the molecule is Cc1ccc(N2CCCC2=O)cc1NC(=O)N1CCC[C@@H]1Cn1cccn1. The fraction of sp³-hybridized carbons (Fsp3) is 0.450. The normalized spacial score (nSPS) is 19.7. The van der Waals surface area contributed by atoms with Crippen molar-refractivity contribution in [2.24, 2.45) is 0 Å². The van der Waals surface area contributed by atoms with E-state index in [4.69, 9.17) is 0 Å². The molecule has 1 aromatic heterocycles. The maximum atomic E-state index is 12.9. The number of aromatic nitrogens is 2. The molecule has 1 aromatic carbocycles. The van der Waals surface area contributed by atoms with E-state index in [9.17, 15) is 9.59 Å². The standard InChI is InChI=1S/C20H25N5O2/c1-15-7-8-16(24-11-3-6-19(24)26)13-18(15)22-20(27)25-12-2-5-17(25)14-23-10-4-9-21-23/h4,7-10,13,17H,2-3,5-6,11-12,14H2,1H3,(H,22,27)/t17-/m1/s1. The van der Waals surface area contributed by atoms with Gasteiger partial charge in [-0.25, -0.2) is 4.79 Å². The van der Waals surface area contributed by atoms with Crippen LogP contribution in [0.1, 0.15) is 31.2 Å². The lowest BCUT2D eigenvalue weighted by Gasteiger charge is -2.26. The summed E-state index contributed by atoms with van der Waals surface area (Å²) in [5, 5.41) is 7.32. The molecular formula is C20H25N5O2. The molecule has 7 nitrogen and oxygen atoms in total. The molecule has 2 aromatic rings. The molecule has 1 atom stereocenters. The summed E-state index contributed by atoms with van der Waals surface area (Å²) in [5.41, 5.74) is 2.61. The van der Waals surface area contributed by atoms with E-state index in [1.54, 1.807) is 11.1 Å². The van der Waals surface area contributed by atoms with E-state index < -0.39 is 0 Å². The first-order chi connectivity index (χ1) is 13.1. The first kappa shape index (κ1) is 17.6. The molecule has 0 bridgehead atoms. The molecule has 27 heavy (non-hydrogen) atoms. The lowest BCUT2D eigenvalue weighted by atomic mass is 10.1. The predicted molar refractivity (Wildman–Crippen MR) is 104 cm³/mol. The highest BCUT2D eigenvalue weighted by atomic mass is 16.2. The van der Waals surface area contributed by atoms with Gasteiger partial charge in [0.05, 0.1) is 12.6 Å². The van der Waals surface area contributed by atoms with Gasteiger partial charge in [0.1, 0.15) is 0 Å². The molecule has 3 amide bonds. The van der Waals surface area contributed by atoms with Crippen molar-refractivity contribution in [3.8, 4) is 0 Å². The number of benzene rings is 1. The third-order valence-corrected chi connectivity index (χ3v) is 5.44. The number of carbonyl (C=O) groups is 2. The van der Waals surface area contributed by atoms with Gasteiger partial charge in [0.2, 0.25) is 5.91 Å². The molecule has 3 heterocycles. The maximum absolute atomic E-state index is 12.9. The summed E-state index contributed by atoms with van der Waals surface area (Å²) in [5.74, 6) is 0.148. The van der Waals surface area contributed by atoms with Gasteiger partial charge >= 0.3 is 6.03 Å². The summed E-state index contributed by atoms with van der Waals surface area (Å²) in [4.78, 5) is 28.6. The Morgan fingerprint density at radius 3 is 2.93 bits per heavy atom. The van der Waals surface area contributed by atoms with Gasteiger partial charge in [0.15, 0.2) is 0 Å². The monoisotopic (exact) mass is 367 g/mol. The van der Waals surface area contributed by atoms with Gasteiger partial charge in [-0.05, 0) is 49.9 Å². The molecular weight excluding hydrogens is 342 g/mol. The van der Waals surface area contributed by atoms with Crippen LogP contribution < -0.4 is 10.2 Å². The van der Waals surface area contributed by atoms with E-state index in [0.29, 0.717) is 13.0 Å². The second-order valence-electron chi connectivity index (χ2n) is 7.30. The van der Waals surface area contributed by atoms with Crippen LogP contribution in [-0.2, 0) is 11.3 Å². The van der Waals surface area contributed by atoms with E-state index in [1.807, 2.05) is 47.0 Å². The van der Waals surface area contributed by atoms with Gasteiger partial charge in [0.25, 0.3) is 0 Å². The fourth-order valence-electron chi connectivity index (χ4n) is 3.94. The molecule has 142 valence electrons. The first-order valence-electron chi connectivity index (χ1n) is 9.58. The smallest absolute Gasteiger partial charge is 0.320 e. The molecule has 0 radical (unpaired) electrons. The third-order valence-electron chi connectivity index (χ3n) is 5.44. The van der Waals surface area contributed by atoms with Crippen molar-refractivity contribution >= 4 is 23.3 Å². The number of carbonyl (C=O) groups excluding carboxylic acids is 2. The molecule has 0 unspecified atom stereocenters. The molecule has 4 rings (SSSR count). The van der Waals surface area contributed by atoms with Crippen LogP contribution in [0.3, 0.4) is 0 Å². The Morgan fingerprint density at radius 2 is 2.19 bits per heavy atom. The van der Waals surface area contributed by atoms with Crippen molar-refractivity contribution in [2.75, 3.05) is 23.3 Å². The number of rotatable bonds is 4. The minimum absolute atomic E-state index is 0.0855. The molecule has 2 aliphatic rings. The van der Waals surface area contributed by atoms with Crippen LogP contribution in [0, 0.1) is 6.92 Å². The maximum Gasteiger partial charge on any atom is 0.322 e. The number of urea groups is 1. The molecule has 7 heteroatoms. The van der Waals surface area contributed by atoms with Gasteiger partial charge in [-0.2, -0.15) is 5.10 Å². The minimum atomic E-state index is -0.0855. The highest BCUT2D eigenvalue weighted by molar-refractivity contribution is 5.97. The Hall–Kier alpha value is -2.83. The van der Waals surface area contributed by atoms with Crippen LogP contribution in [0.15, 0.2) is 36.7 Å². The number of amides is 3. The van der Waals surface area contributed by atoms with Gasteiger partial charge in [-0.15, -0.1) is 0 Å². The third kappa shape index (κ3) is 3.67. The second-order valence-corrected chi connectivity index (χ2v) is 7.30. The number of likely N-dealkylation sites (tertiary alicyclic amines) is 1. The molecule has 1 N–H and O–H groups in total. The van der Waals surface area contributed by atoms with Crippen LogP contribution in [0.2, 0.25) is 0 Å². The number of nitrogens with zero attached hydrogens (tertiary/aromatic N) is 4. The van der Waals surface area contributed by atoms with Crippen molar-refractivity contribution in [3.63, 3.8) is 0 Å². The Bertz CT molecular complexity index is 833. The summed E-state index contributed by atoms with van der Waals surface area (Å²) in [6.45, 7) is 4.17. The topological polar surface area (TPSA) is 70.5 Å². The van der Waals surface area contributed by atoms with Crippen LogP contribution in [0.25, 0.3) is 0 Å². The van der Waals surface area contributed by atoms with Crippen LogP contribution in [0.4, 0.5) is 16.2 Å². The van der Waals surface area contributed by atoms with E-state index in [0.717, 1.165) is 49.3 Å². The number of anilines is 2. The summed E-state index contributed by atoms with van der Waals surface area (Å²) in [6.07, 6.45) is 7.15. The van der Waals surface area contributed by atoms with Crippen LogP contribution in [-0.4, -0.2) is 45.8 Å². The Balaban J connectivity index is 1.47. The zero-order chi connectivity index (χ0) is 18.8. The van der Waals surface area contributed by atoms with Crippen LogP contribution in [0.5, 0.6) is 0 Å². The lowest BCUT2D eigenvalue weighted by Crippen LogP contribution is -2.41. The van der Waals surface area contributed by atoms with E-state index in [1.165, 1.54) is 0 Å². The van der Waals surface area contributed by atoms with Crippen LogP contribution >= 0.6 is 0 Å². The Labute approximate surface area is 158 Å². The Kier molecular flexibility index (Phi) is 4.83. The van der Waals surface area contributed by atoms with Gasteiger partial charge in [0, 0.05) is 43.3 Å². The van der Waals surface area contributed by atoms with Crippen molar-refractivity contribution < 1.29 is 9.59 Å². The molecule has 2 fully saturated rings. The zero-order valence-electron chi connectivity index (χ0n) is 15.6. The first-order valence-corrected chi connectivity index (χ1v) is 9.58. The molecule has 0 spiro atoms. The summed E-state index contributed by atoms with van der Waals surface area (Å²) in [7, 11) is 0. The van der Waals surface area contributed by atoms with Crippen molar-refractivity contribution in [1.29, 1.82) is 0 Å². The second kappa shape index (κ2) is 7.42. The van der Waals surface area contributed by atoms with Crippen molar-refractivity contribution in [2.45, 2.75) is 45.2 Å². The highest BCUT2D eigenvalue weighted by Crippen LogP contribution is 2.28. The zero-order valence-corrected chi connectivity index (χ0v) is 15.6. The summed E-state index contributed by atoms with van der Waals surface area (Å²) < 4.78 is 1.88. The van der Waals surface area contributed by atoms with Gasteiger partial charge in [-0.3, -0.25) is 9.48 Å². The van der Waals surface area contributed by atoms with Crippen molar-refractivity contribution in [3.05, 3.63) is 42.2 Å². The number of aryl methyl sites for hydroxylation is 1. The molecule has 2 aliphatic heterocycles. The largest absolute Gasteiger partial charge is 0.322 e. The molecule has 0 aliphatic carbocycles. The minimum Gasteiger partial charge on any atom is -0.320 e. The van der Waals surface area contributed by atoms with E-state index >= 15 is 0 Å². The van der Waals surface area contributed by atoms with Gasteiger partial charge < -0.3 is 15.1 Å². The highest BCUT2D eigenvalue weighted by Gasteiger charge is 2.29. The Morgan fingerprint density at radius 1 is 1.30 bits per heavy atom. The average Bonchev–Trinajstić information content (AvgIpc) is 3.40. The quantitative estimate of drug-likeness (QED) is 0.903. The fourth-order valence-corrected chi connectivity index (χ4v) is 3.94. The molecule has 0 saturated carbocycles. The molecule has 2 saturated heterocycles. The van der Waals surface area contributed by atoms with Gasteiger partial charge in [-0.1, -0.05) is 6.07 Å². The number of nitrogens with one attached hydrogen (secondary N) is 1. The average molecular weight is 367 g/mol. The van der Waals surface area contributed by atoms with E-state index in [-0.39, 0.29) is 18.0 Å². The van der Waals surface area contributed by atoms with E-state index in [2.05, 4.69) is 10.4 Å². The number of hydrogen-bond donors (Lipinski definition) is 1.